The second-order valence-electron chi connectivity index (χ2n) is 3.18. The maximum atomic E-state index is 11.1. The minimum absolute atomic E-state index is 0.637. The van der Waals surface area contributed by atoms with Crippen molar-refractivity contribution in [3.63, 3.8) is 0 Å². The van der Waals surface area contributed by atoms with Gasteiger partial charge in [-0.15, -0.1) is 0 Å². The van der Waals surface area contributed by atoms with Gasteiger partial charge in [0.2, 0.25) is 0 Å². The van der Waals surface area contributed by atoms with E-state index in [1.165, 1.54) is 0 Å². The number of hydrogen-bond acceptors (Lipinski definition) is 4. The summed E-state index contributed by atoms with van der Waals surface area (Å²) in [4.78, 5) is 11.1. The Kier molecular flexibility index (Phi) is 2.35. The predicted octanol–water partition coefficient (Wildman–Crippen LogP) is 1.20. The van der Waals surface area contributed by atoms with Gasteiger partial charge in [0.05, 0.1) is 16.1 Å². The summed E-state index contributed by atoms with van der Waals surface area (Å²) >= 11 is 0. The van der Waals surface area contributed by atoms with Gasteiger partial charge in [-0.25, -0.2) is 0 Å². The van der Waals surface area contributed by atoms with Gasteiger partial charge in [-0.1, -0.05) is 6.42 Å². The third-order valence-corrected chi connectivity index (χ3v) is 2.66. The molecule has 0 amide bonds. The Morgan fingerprint density at radius 2 is 2.00 bits per heavy atom. The van der Waals surface area contributed by atoms with Gasteiger partial charge in [-0.05, 0) is 19.8 Å². The lowest BCUT2D eigenvalue weighted by atomic mass is 9.71. The maximum absolute atomic E-state index is 11.1. The summed E-state index contributed by atoms with van der Waals surface area (Å²) in [5.41, 5.74) is -0.637. The number of hydrogen-bond donors (Lipinski definition) is 0. The molecule has 0 saturated heterocycles. The summed E-state index contributed by atoms with van der Waals surface area (Å²) in [6, 6.07) is 0. The van der Waals surface area contributed by atoms with Crippen molar-refractivity contribution in [1.29, 1.82) is 0 Å². The zero-order chi connectivity index (χ0) is 9.41. The molecule has 0 radical (unpaired) electrons. The smallest absolute Gasteiger partial charge is 0.334 e. The number of carbonyl (C=O) groups is 1. The van der Waals surface area contributed by atoms with Crippen LogP contribution in [0.1, 0.15) is 26.2 Å². The first-order valence-corrected chi connectivity index (χ1v) is 5.75. The predicted molar refractivity (Wildman–Crippen MR) is 42.8 cm³/mol. The molecule has 0 aliphatic heterocycles. The van der Waals surface area contributed by atoms with Crippen molar-refractivity contribution in [3.05, 3.63) is 0 Å². The average molecular weight is 213 g/mol. The van der Waals surface area contributed by atoms with Crippen molar-refractivity contribution in [3.8, 4) is 0 Å². The van der Waals surface area contributed by atoms with E-state index in [9.17, 15) is 13.2 Å². The van der Waals surface area contributed by atoms with Crippen LogP contribution in [-0.2, 0) is 18.3 Å². The second kappa shape index (κ2) is 2.88. The van der Waals surface area contributed by atoms with Crippen molar-refractivity contribution in [2.45, 2.75) is 26.2 Å². The van der Waals surface area contributed by atoms with Crippen LogP contribution in [0.3, 0.4) is 0 Å². The van der Waals surface area contributed by atoms with Gasteiger partial charge in [0.25, 0.3) is 0 Å². The summed E-state index contributed by atoms with van der Waals surface area (Å²) in [7, 11) is 0.584. The third kappa shape index (κ3) is 2.10. The zero-order valence-corrected chi connectivity index (χ0v) is 8.11. The van der Waals surface area contributed by atoms with Gasteiger partial charge < -0.3 is 4.18 Å². The molecule has 70 valence electrons. The molecule has 0 spiro atoms. The van der Waals surface area contributed by atoms with E-state index in [0.717, 1.165) is 6.42 Å². The topological polar surface area (TPSA) is 60.4 Å². The maximum Gasteiger partial charge on any atom is 0.403 e. The summed E-state index contributed by atoms with van der Waals surface area (Å²) in [6.45, 7) is 1.67. The third-order valence-electron chi connectivity index (χ3n) is 2.13. The van der Waals surface area contributed by atoms with Gasteiger partial charge in [0.1, 0.15) is 0 Å². The molecule has 0 N–H and O–H groups in total. The van der Waals surface area contributed by atoms with E-state index < -0.39 is 20.7 Å². The van der Waals surface area contributed by atoms with Crippen molar-refractivity contribution in [1.82, 2.24) is 0 Å². The Morgan fingerprint density at radius 1 is 1.50 bits per heavy atom. The monoisotopic (exact) mass is 212 g/mol. The van der Waals surface area contributed by atoms with Crippen molar-refractivity contribution >= 4 is 26.0 Å². The molecule has 1 saturated carbocycles. The Balaban J connectivity index is 2.60. The lowest BCUT2D eigenvalue weighted by Gasteiger charge is -2.34. The highest BCUT2D eigenvalue weighted by molar-refractivity contribution is 8.10. The average Bonchev–Trinajstić information content (AvgIpc) is 1.78. The summed E-state index contributed by atoms with van der Waals surface area (Å²) in [5, 5.41) is 0. The summed E-state index contributed by atoms with van der Waals surface area (Å²) < 4.78 is 24.7. The first-order valence-electron chi connectivity index (χ1n) is 3.52. The van der Waals surface area contributed by atoms with Gasteiger partial charge in [0, 0.05) is 0 Å². The lowest BCUT2D eigenvalue weighted by Crippen LogP contribution is -2.36. The summed E-state index contributed by atoms with van der Waals surface area (Å²) in [5.74, 6) is -0.747. The molecule has 0 atom stereocenters. The van der Waals surface area contributed by atoms with Gasteiger partial charge >= 0.3 is 15.3 Å². The molecular weight excluding hydrogens is 204 g/mol. The molecule has 1 rings (SSSR count). The molecule has 0 bridgehead atoms. The van der Waals surface area contributed by atoms with Crippen LogP contribution in [0, 0.1) is 5.41 Å². The number of carbonyl (C=O) groups excluding carboxylic acids is 1. The summed E-state index contributed by atoms with van der Waals surface area (Å²) in [6.07, 6.45) is 2.25. The van der Waals surface area contributed by atoms with Crippen LogP contribution in [0.15, 0.2) is 0 Å². The number of rotatable bonds is 2. The Hall–Kier alpha value is -0.290. The molecule has 12 heavy (non-hydrogen) atoms. The van der Waals surface area contributed by atoms with Gasteiger partial charge in [0.15, 0.2) is 0 Å². The highest BCUT2D eigenvalue weighted by Crippen LogP contribution is 2.41. The normalized spacial score (nSPS) is 21.2. The van der Waals surface area contributed by atoms with Gasteiger partial charge in [-0.3, -0.25) is 4.79 Å². The first-order chi connectivity index (χ1) is 5.33. The van der Waals surface area contributed by atoms with E-state index >= 15 is 0 Å². The Morgan fingerprint density at radius 3 is 2.25 bits per heavy atom. The second-order valence-corrected chi connectivity index (χ2v) is 5.26. The van der Waals surface area contributed by atoms with Crippen LogP contribution in [0.4, 0.5) is 0 Å². The fraction of sp³-hybridized carbons (Fsp3) is 0.833. The Labute approximate surface area is 75.5 Å². The van der Waals surface area contributed by atoms with E-state index in [1.807, 2.05) is 0 Å². The quantitative estimate of drug-likeness (QED) is 0.646. The van der Waals surface area contributed by atoms with Crippen LogP contribution in [0.25, 0.3) is 0 Å². The van der Waals surface area contributed by atoms with Crippen molar-refractivity contribution in [2.75, 3.05) is 0 Å². The van der Waals surface area contributed by atoms with Crippen molar-refractivity contribution in [2.24, 2.45) is 5.41 Å². The highest BCUT2D eigenvalue weighted by atomic mass is 35.7. The van der Waals surface area contributed by atoms with E-state index in [1.54, 1.807) is 6.92 Å². The molecule has 0 unspecified atom stereocenters. The largest absolute Gasteiger partial charge is 0.403 e. The first kappa shape index (κ1) is 9.80. The van der Waals surface area contributed by atoms with Crippen LogP contribution in [-0.4, -0.2) is 14.4 Å². The molecule has 4 nitrogen and oxygen atoms in total. The molecule has 1 aliphatic carbocycles. The molecule has 6 heteroatoms. The SMILES string of the molecule is CC1(C(=O)OS(=O)(=O)Cl)CCC1. The lowest BCUT2D eigenvalue weighted by molar-refractivity contribution is -0.148. The number of halogens is 1. The van der Waals surface area contributed by atoms with Crippen LogP contribution in [0.5, 0.6) is 0 Å². The van der Waals surface area contributed by atoms with Crippen LogP contribution < -0.4 is 0 Å². The molecule has 1 fully saturated rings. The highest BCUT2D eigenvalue weighted by Gasteiger charge is 2.42. The van der Waals surface area contributed by atoms with Gasteiger partial charge in [-0.2, -0.15) is 8.42 Å². The molecule has 1 aliphatic rings. The van der Waals surface area contributed by atoms with E-state index in [4.69, 9.17) is 10.7 Å². The minimum atomic E-state index is -4.16. The van der Waals surface area contributed by atoms with E-state index in [-0.39, 0.29) is 0 Å². The fourth-order valence-corrected chi connectivity index (χ4v) is 1.66. The standard InChI is InChI=1S/C6H9ClO4S/c1-6(3-2-4-6)5(8)11-12(7,9)10/h2-4H2,1H3. The van der Waals surface area contributed by atoms with E-state index in [0.29, 0.717) is 12.8 Å². The molecule has 0 aromatic rings. The van der Waals surface area contributed by atoms with Crippen molar-refractivity contribution < 1.29 is 17.4 Å². The molecular formula is C6H9ClO4S. The van der Waals surface area contributed by atoms with Crippen LogP contribution in [0.2, 0.25) is 0 Å². The van der Waals surface area contributed by atoms with Crippen LogP contribution >= 0.6 is 10.7 Å². The minimum Gasteiger partial charge on any atom is -0.334 e. The zero-order valence-electron chi connectivity index (χ0n) is 6.54. The van der Waals surface area contributed by atoms with E-state index in [2.05, 4.69) is 4.18 Å². The fourth-order valence-electron chi connectivity index (χ4n) is 1.10. The Bertz CT molecular complexity index is 291. The molecule has 0 aromatic heterocycles. The molecule has 0 aromatic carbocycles. The molecule has 0 heterocycles.